The van der Waals surface area contributed by atoms with E-state index in [1.807, 2.05) is 0 Å². The van der Waals surface area contributed by atoms with Gasteiger partial charge in [0.2, 0.25) is 5.95 Å². The van der Waals surface area contributed by atoms with Crippen molar-refractivity contribution >= 4 is 22.8 Å². The number of aromatic nitrogens is 4. The second kappa shape index (κ2) is 4.65. The smallest absolute Gasteiger partial charge is 0.226 e. The highest BCUT2D eigenvalue weighted by atomic mass is 16.3. The maximum Gasteiger partial charge on any atom is 0.226 e. The second-order valence-electron chi connectivity index (χ2n) is 5.05. The monoisotopic (exact) mass is 262 g/mol. The highest BCUT2D eigenvalue weighted by Crippen LogP contribution is 2.34. The lowest BCUT2D eigenvalue weighted by molar-refractivity contribution is 0.214. The molecule has 4 N–H and O–H groups in total. The van der Waals surface area contributed by atoms with E-state index in [9.17, 15) is 5.11 Å². The minimum atomic E-state index is -0.260. The van der Waals surface area contributed by atoms with E-state index < -0.39 is 0 Å². The lowest BCUT2D eigenvalue weighted by Gasteiger charge is -2.28. The summed E-state index contributed by atoms with van der Waals surface area (Å²) in [5.74, 6) is 1.25. The fourth-order valence-corrected chi connectivity index (χ4v) is 2.67. The predicted molar refractivity (Wildman–Crippen MR) is 73.1 cm³/mol. The highest BCUT2D eigenvalue weighted by Gasteiger charge is 2.34. The van der Waals surface area contributed by atoms with Crippen molar-refractivity contribution in [3.8, 4) is 0 Å². The Morgan fingerprint density at radius 3 is 2.84 bits per heavy atom. The first-order valence-corrected chi connectivity index (χ1v) is 6.54. The first-order valence-electron chi connectivity index (χ1n) is 6.54. The molecular formula is C12H18N6O. The van der Waals surface area contributed by atoms with Crippen LogP contribution < -0.4 is 10.6 Å². The normalized spacial score (nSPS) is 17.8. The summed E-state index contributed by atoms with van der Waals surface area (Å²) in [6.07, 6.45) is 5.89. The summed E-state index contributed by atoms with van der Waals surface area (Å²) in [6, 6.07) is 0. The van der Waals surface area contributed by atoms with Crippen LogP contribution >= 0.6 is 0 Å². The molecule has 0 spiro atoms. The van der Waals surface area contributed by atoms with Crippen LogP contribution in [0.4, 0.5) is 11.8 Å². The second-order valence-corrected chi connectivity index (χ2v) is 5.05. The van der Waals surface area contributed by atoms with Gasteiger partial charge in [0.05, 0.1) is 23.7 Å². The summed E-state index contributed by atoms with van der Waals surface area (Å²) in [5.41, 5.74) is 0.428. The molecule has 0 atom stereocenters. The van der Waals surface area contributed by atoms with Crippen molar-refractivity contribution in [2.75, 3.05) is 24.3 Å². The summed E-state index contributed by atoms with van der Waals surface area (Å²) < 4.78 is 0. The third-order valence-electron chi connectivity index (χ3n) is 3.78. The van der Waals surface area contributed by atoms with Gasteiger partial charge in [-0.25, -0.2) is 0 Å². The molecule has 2 heterocycles. The van der Waals surface area contributed by atoms with Gasteiger partial charge in [-0.1, -0.05) is 12.8 Å². The molecular weight excluding hydrogens is 244 g/mol. The first-order chi connectivity index (χ1) is 9.26. The van der Waals surface area contributed by atoms with Gasteiger partial charge < -0.3 is 15.7 Å². The number of anilines is 2. The fraction of sp³-hybridized carbons (Fsp3) is 0.583. The van der Waals surface area contributed by atoms with Crippen molar-refractivity contribution in [1.29, 1.82) is 0 Å². The topological polar surface area (TPSA) is 98.8 Å². The zero-order valence-corrected chi connectivity index (χ0v) is 10.9. The van der Waals surface area contributed by atoms with E-state index in [1.54, 1.807) is 13.2 Å². The molecule has 2 aromatic rings. The Morgan fingerprint density at radius 2 is 2.16 bits per heavy atom. The van der Waals surface area contributed by atoms with Crippen LogP contribution in [0.3, 0.4) is 0 Å². The van der Waals surface area contributed by atoms with Crippen LogP contribution in [0.25, 0.3) is 11.0 Å². The molecule has 0 radical (unpaired) electrons. The average Bonchev–Trinajstić information content (AvgIpc) is 3.07. The largest absolute Gasteiger partial charge is 0.394 e. The number of fused-ring (bicyclic) bond motifs is 1. The number of nitrogens with one attached hydrogen (secondary N) is 3. The maximum atomic E-state index is 9.68. The number of rotatable bonds is 4. The van der Waals surface area contributed by atoms with Crippen molar-refractivity contribution in [1.82, 2.24) is 20.2 Å². The molecule has 0 aliphatic heterocycles. The van der Waals surface area contributed by atoms with Gasteiger partial charge in [0.15, 0.2) is 5.65 Å². The van der Waals surface area contributed by atoms with E-state index in [0.29, 0.717) is 11.6 Å². The van der Waals surface area contributed by atoms with Crippen LogP contribution in [-0.4, -0.2) is 44.5 Å². The van der Waals surface area contributed by atoms with Gasteiger partial charge >= 0.3 is 0 Å². The summed E-state index contributed by atoms with van der Waals surface area (Å²) in [5, 5.41) is 23.7. The molecule has 0 saturated heterocycles. The molecule has 1 fully saturated rings. The van der Waals surface area contributed by atoms with Crippen molar-refractivity contribution in [3.05, 3.63) is 6.20 Å². The zero-order valence-electron chi connectivity index (χ0n) is 10.9. The minimum absolute atomic E-state index is 0.116. The Balaban J connectivity index is 2.01. The number of nitrogens with zero attached hydrogens (tertiary/aromatic N) is 3. The van der Waals surface area contributed by atoms with E-state index in [-0.39, 0.29) is 12.1 Å². The molecule has 3 rings (SSSR count). The van der Waals surface area contributed by atoms with Crippen LogP contribution in [0.2, 0.25) is 0 Å². The number of aliphatic hydroxyl groups is 1. The fourth-order valence-electron chi connectivity index (χ4n) is 2.67. The maximum absolute atomic E-state index is 9.68. The van der Waals surface area contributed by atoms with Gasteiger partial charge in [-0.15, -0.1) is 0 Å². The third-order valence-corrected chi connectivity index (χ3v) is 3.78. The Bertz CT molecular complexity index is 575. The SMILES string of the molecule is CNc1nc(NC2(CO)CCCC2)c2cn[nH]c2n1. The Kier molecular flexibility index (Phi) is 2.98. The summed E-state index contributed by atoms with van der Waals surface area (Å²) in [6.45, 7) is 0.116. The van der Waals surface area contributed by atoms with Gasteiger partial charge in [0, 0.05) is 7.05 Å². The lowest BCUT2D eigenvalue weighted by Crippen LogP contribution is -2.39. The standard InChI is InChI=1S/C12H18N6O/c1-13-11-15-9(8-6-14-18-10(8)16-11)17-12(7-19)4-2-3-5-12/h6,19H,2-5,7H2,1H3,(H3,13,14,15,16,17,18). The quantitative estimate of drug-likeness (QED) is 0.659. The molecule has 1 aliphatic rings. The van der Waals surface area contributed by atoms with Gasteiger partial charge in [-0.2, -0.15) is 15.1 Å². The lowest BCUT2D eigenvalue weighted by atomic mass is 9.99. The van der Waals surface area contributed by atoms with E-state index in [4.69, 9.17) is 0 Å². The van der Waals surface area contributed by atoms with E-state index in [0.717, 1.165) is 36.9 Å². The first kappa shape index (κ1) is 12.2. The Labute approximate surface area is 110 Å². The van der Waals surface area contributed by atoms with Gasteiger partial charge in [-0.05, 0) is 12.8 Å². The molecule has 0 aromatic carbocycles. The molecule has 0 amide bonds. The van der Waals surface area contributed by atoms with E-state index >= 15 is 0 Å². The summed E-state index contributed by atoms with van der Waals surface area (Å²) in [4.78, 5) is 8.74. The van der Waals surface area contributed by atoms with E-state index in [2.05, 4.69) is 30.8 Å². The molecule has 1 aliphatic carbocycles. The van der Waals surface area contributed by atoms with Crippen molar-refractivity contribution in [2.45, 2.75) is 31.2 Å². The van der Waals surface area contributed by atoms with Crippen LogP contribution in [-0.2, 0) is 0 Å². The molecule has 102 valence electrons. The third kappa shape index (κ3) is 2.10. The molecule has 2 aromatic heterocycles. The van der Waals surface area contributed by atoms with Crippen LogP contribution in [0.15, 0.2) is 6.20 Å². The van der Waals surface area contributed by atoms with E-state index in [1.165, 1.54) is 0 Å². The molecule has 0 bridgehead atoms. The summed E-state index contributed by atoms with van der Waals surface area (Å²) in [7, 11) is 1.78. The molecule has 7 heteroatoms. The van der Waals surface area contributed by atoms with Gasteiger partial charge in [0.25, 0.3) is 0 Å². The Hall–Kier alpha value is -1.89. The number of aromatic amines is 1. The van der Waals surface area contributed by atoms with Crippen LogP contribution in [0.1, 0.15) is 25.7 Å². The highest BCUT2D eigenvalue weighted by molar-refractivity contribution is 5.87. The molecule has 19 heavy (non-hydrogen) atoms. The van der Waals surface area contributed by atoms with Gasteiger partial charge in [0.1, 0.15) is 5.82 Å². The van der Waals surface area contributed by atoms with Crippen molar-refractivity contribution in [3.63, 3.8) is 0 Å². The summed E-state index contributed by atoms with van der Waals surface area (Å²) >= 11 is 0. The minimum Gasteiger partial charge on any atom is -0.394 e. The number of hydrogen-bond acceptors (Lipinski definition) is 6. The molecule has 0 unspecified atom stereocenters. The van der Waals surface area contributed by atoms with Crippen LogP contribution in [0.5, 0.6) is 0 Å². The predicted octanol–water partition coefficient (Wildman–Crippen LogP) is 1.11. The average molecular weight is 262 g/mol. The van der Waals surface area contributed by atoms with Crippen molar-refractivity contribution < 1.29 is 5.11 Å². The molecule has 1 saturated carbocycles. The van der Waals surface area contributed by atoms with Crippen LogP contribution in [0, 0.1) is 0 Å². The number of hydrogen-bond donors (Lipinski definition) is 4. The molecule has 7 nitrogen and oxygen atoms in total. The number of H-pyrrole nitrogens is 1. The zero-order chi connectivity index (χ0) is 13.3. The van der Waals surface area contributed by atoms with Gasteiger partial charge in [-0.3, -0.25) is 5.10 Å². The van der Waals surface area contributed by atoms with Crippen molar-refractivity contribution in [2.24, 2.45) is 0 Å². The Morgan fingerprint density at radius 1 is 1.37 bits per heavy atom. The number of aliphatic hydroxyl groups excluding tert-OH is 1.